The van der Waals surface area contributed by atoms with Crippen LogP contribution in [0.2, 0.25) is 0 Å². The lowest BCUT2D eigenvalue weighted by Crippen LogP contribution is -2.45. The van der Waals surface area contributed by atoms with Gasteiger partial charge in [0, 0.05) is 42.1 Å². The summed E-state index contributed by atoms with van der Waals surface area (Å²) in [5.74, 6) is -2.12. The normalized spacial score (nSPS) is 15.9. The maximum absolute atomic E-state index is 15.1. The zero-order valence-corrected chi connectivity index (χ0v) is 34.7. The smallest absolute Gasteiger partial charge is 0.346 e. The maximum atomic E-state index is 15.1. The molecule has 2 aliphatic heterocycles. The Labute approximate surface area is 350 Å². The second-order valence-corrected chi connectivity index (χ2v) is 16.2. The van der Waals surface area contributed by atoms with Gasteiger partial charge in [0.05, 0.1) is 64.0 Å². The Kier molecular flexibility index (Phi) is 14.2. The second kappa shape index (κ2) is 19.7. The molecule has 60 heavy (non-hydrogen) atoms. The second-order valence-electron chi connectivity index (χ2n) is 16.2. The van der Waals surface area contributed by atoms with Gasteiger partial charge in [-0.15, -0.1) is 0 Å². The number of halogens is 2. The minimum Gasteiger partial charge on any atom is -0.493 e. The van der Waals surface area contributed by atoms with Gasteiger partial charge in [0.1, 0.15) is 34.6 Å². The molecule has 320 valence electrons. The first-order valence-electron chi connectivity index (χ1n) is 21.0. The van der Waals surface area contributed by atoms with Crippen molar-refractivity contribution < 1.29 is 56.3 Å². The van der Waals surface area contributed by atoms with Crippen LogP contribution in [0, 0.1) is 22.5 Å². The molecule has 0 amide bonds. The maximum Gasteiger partial charge on any atom is 0.346 e. The van der Waals surface area contributed by atoms with E-state index >= 15 is 8.78 Å². The molecule has 2 heterocycles. The van der Waals surface area contributed by atoms with Crippen molar-refractivity contribution >= 4 is 11.9 Å². The first-order chi connectivity index (χ1) is 29.1. The molecular weight excluding hydrogens is 775 g/mol. The lowest BCUT2D eigenvalue weighted by Gasteiger charge is -2.40. The van der Waals surface area contributed by atoms with Crippen molar-refractivity contribution in [2.24, 2.45) is 10.8 Å². The molecule has 2 saturated heterocycles. The average molecular weight is 829 g/mol. The van der Waals surface area contributed by atoms with Crippen LogP contribution >= 0.6 is 0 Å². The molecule has 0 N–H and O–H groups in total. The van der Waals surface area contributed by atoms with Crippen molar-refractivity contribution in [3.8, 4) is 34.1 Å². The van der Waals surface area contributed by atoms with Crippen molar-refractivity contribution in [2.45, 2.75) is 65.2 Å². The highest BCUT2D eigenvalue weighted by atomic mass is 19.1. The first kappa shape index (κ1) is 43.2. The van der Waals surface area contributed by atoms with Crippen LogP contribution in [0.25, 0.3) is 11.1 Å². The number of fused-ring (bicyclic) bond motifs is 3. The van der Waals surface area contributed by atoms with Crippen LogP contribution in [0.3, 0.4) is 0 Å². The van der Waals surface area contributed by atoms with Crippen molar-refractivity contribution in [1.82, 2.24) is 0 Å². The summed E-state index contributed by atoms with van der Waals surface area (Å²) in [4.78, 5) is 26.1. The van der Waals surface area contributed by atoms with E-state index in [1.54, 1.807) is 36.4 Å². The Morgan fingerprint density at radius 3 is 1.35 bits per heavy atom. The van der Waals surface area contributed by atoms with Gasteiger partial charge < -0.3 is 37.9 Å². The van der Waals surface area contributed by atoms with Gasteiger partial charge in [0.25, 0.3) is 0 Å². The molecule has 4 aromatic carbocycles. The van der Waals surface area contributed by atoms with Crippen LogP contribution < -0.4 is 18.9 Å². The van der Waals surface area contributed by atoms with Crippen LogP contribution in [0.5, 0.6) is 23.0 Å². The summed E-state index contributed by atoms with van der Waals surface area (Å²) in [5.41, 5.74) is 3.52. The van der Waals surface area contributed by atoms with E-state index in [4.69, 9.17) is 37.9 Å². The number of esters is 2. The van der Waals surface area contributed by atoms with E-state index in [1.807, 2.05) is 19.1 Å². The third-order valence-electron chi connectivity index (χ3n) is 11.9. The molecule has 0 aromatic heterocycles. The van der Waals surface area contributed by atoms with E-state index in [0.717, 1.165) is 87.2 Å². The van der Waals surface area contributed by atoms with Gasteiger partial charge in [-0.1, -0.05) is 32.9 Å². The van der Waals surface area contributed by atoms with Crippen LogP contribution in [0.1, 0.15) is 97.1 Å². The zero-order chi connectivity index (χ0) is 42.1. The summed E-state index contributed by atoms with van der Waals surface area (Å²) < 4.78 is 75.1. The molecular formula is C48H54F2O10. The fourth-order valence-corrected chi connectivity index (χ4v) is 7.54. The summed E-state index contributed by atoms with van der Waals surface area (Å²) in [7, 11) is 0. The lowest BCUT2D eigenvalue weighted by molar-refractivity contribution is -0.150. The van der Waals surface area contributed by atoms with Gasteiger partial charge in [0.2, 0.25) is 0 Å². The summed E-state index contributed by atoms with van der Waals surface area (Å²) in [5, 5.41) is 0. The highest BCUT2D eigenvalue weighted by Gasteiger charge is 2.38. The average Bonchev–Trinajstić information content (AvgIpc) is 3.48. The van der Waals surface area contributed by atoms with E-state index in [2.05, 4.69) is 13.8 Å². The van der Waals surface area contributed by atoms with E-state index in [9.17, 15) is 9.59 Å². The summed E-state index contributed by atoms with van der Waals surface area (Å²) in [6, 6.07) is 18.7. The molecule has 0 saturated carbocycles. The van der Waals surface area contributed by atoms with Gasteiger partial charge in [-0.2, -0.15) is 0 Å². The number of ether oxygens (including phenoxy) is 8. The quantitative estimate of drug-likeness (QED) is 0.0432. The van der Waals surface area contributed by atoms with Gasteiger partial charge in [-0.05, 0) is 109 Å². The molecule has 0 atom stereocenters. The number of carbonyl (C=O) groups excluding carboxylic acids is 2. The Morgan fingerprint density at radius 2 is 0.983 bits per heavy atom. The number of carbonyl (C=O) groups is 2. The first-order valence-corrected chi connectivity index (χ1v) is 21.0. The SMILES string of the molecule is CCC1(COCCCCOc2ccc(C(=O)Oc3ccc4c(c3)C(C)c3cc(OC(=O)c5ccc(OCCCCOCC6(CC)COC6)cc5F)ccc3-4)c(F)c2)COC1. The highest BCUT2D eigenvalue weighted by molar-refractivity contribution is 5.93. The molecule has 3 aliphatic rings. The number of rotatable bonds is 22. The van der Waals surface area contributed by atoms with Crippen LogP contribution in [0.15, 0.2) is 72.8 Å². The molecule has 0 bridgehead atoms. The Balaban J connectivity index is 0.858. The third kappa shape index (κ3) is 10.2. The summed E-state index contributed by atoms with van der Waals surface area (Å²) >= 11 is 0. The summed E-state index contributed by atoms with van der Waals surface area (Å²) in [6.45, 7) is 12.7. The summed E-state index contributed by atoms with van der Waals surface area (Å²) in [6.07, 6.45) is 5.18. The van der Waals surface area contributed by atoms with Crippen molar-refractivity contribution in [3.05, 3.63) is 107 Å². The van der Waals surface area contributed by atoms with E-state index in [1.165, 1.54) is 24.3 Å². The molecule has 0 spiro atoms. The van der Waals surface area contributed by atoms with Gasteiger partial charge in [-0.3, -0.25) is 0 Å². The van der Waals surface area contributed by atoms with E-state index in [-0.39, 0.29) is 39.4 Å². The molecule has 0 unspecified atom stereocenters. The van der Waals surface area contributed by atoms with Crippen molar-refractivity contribution in [1.29, 1.82) is 0 Å². The Morgan fingerprint density at radius 1 is 0.583 bits per heavy atom. The van der Waals surface area contributed by atoms with Gasteiger partial charge >= 0.3 is 11.9 Å². The zero-order valence-electron chi connectivity index (χ0n) is 34.7. The monoisotopic (exact) mass is 828 g/mol. The van der Waals surface area contributed by atoms with Crippen molar-refractivity contribution in [2.75, 3.05) is 66.1 Å². The molecule has 12 heteroatoms. The Bertz CT molecular complexity index is 1970. The largest absolute Gasteiger partial charge is 0.493 e. The number of unbranched alkanes of at least 4 members (excludes halogenated alkanes) is 2. The topological polar surface area (TPSA) is 108 Å². The predicted molar refractivity (Wildman–Crippen MR) is 220 cm³/mol. The van der Waals surface area contributed by atoms with Crippen LogP contribution in [0.4, 0.5) is 8.78 Å². The minimum atomic E-state index is -0.830. The predicted octanol–water partition coefficient (Wildman–Crippen LogP) is 9.74. The molecule has 7 rings (SSSR count). The van der Waals surface area contributed by atoms with Crippen LogP contribution in [-0.2, 0) is 18.9 Å². The van der Waals surface area contributed by atoms with E-state index < -0.39 is 23.6 Å². The number of hydrogen-bond acceptors (Lipinski definition) is 10. The molecule has 10 nitrogen and oxygen atoms in total. The van der Waals surface area contributed by atoms with Gasteiger partial charge in [0.15, 0.2) is 0 Å². The third-order valence-corrected chi connectivity index (χ3v) is 11.9. The lowest BCUT2D eigenvalue weighted by atomic mass is 9.84. The molecule has 0 radical (unpaired) electrons. The fourth-order valence-electron chi connectivity index (χ4n) is 7.54. The Hall–Kier alpha value is -4.88. The standard InChI is InChI=1S/C48H54F2O10/c1-4-47(28-55-29-47)26-53-18-6-8-20-57-33-10-16-39(43(49)24-33)45(51)59-35-12-14-37-38-15-13-36(23-42(38)32(3)41(37)22-35)60-46(52)40-17-11-34(25-44(40)50)58-21-9-7-19-54-27-48(5-2)30-56-31-48/h10-17,22-25,32H,4-9,18-21,26-31H2,1-3H3. The highest BCUT2D eigenvalue weighted by Crippen LogP contribution is 2.47. The van der Waals surface area contributed by atoms with Gasteiger partial charge in [-0.25, -0.2) is 18.4 Å². The number of hydrogen-bond donors (Lipinski definition) is 0. The fraction of sp³-hybridized carbons (Fsp3) is 0.458. The van der Waals surface area contributed by atoms with Crippen LogP contribution in [-0.4, -0.2) is 78.0 Å². The van der Waals surface area contributed by atoms with E-state index in [0.29, 0.717) is 51.1 Å². The molecule has 2 fully saturated rings. The molecule has 1 aliphatic carbocycles. The van der Waals surface area contributed by atoms with Crippen molar-refractivity contribution in [3.63, 3.8) is 0 Å². The minimum absolute atomic E-state index is 0.151. The molecule has 4 aromatic rings. The number of benzene rings is 4.